The molecule has 142 valence electrons. The number of nitrogens with two attached hydrogens (primary N) is 1. The predicted molar refractivity (Wildman–Crippen MR) is 110 cm³/mol. The minimum Gasteiger partial charge on any atom is -0.366 e. The second-order valence-corrected chi connectivity index (χ2v) is 6.47. The topological polar surface area (TPSA) is 85.1 Å². The molecule has 0 aliphatic carbocycles. The first-order valence-corrected chi connectivity index (χ1v) is 8.88. The first kappa shape index (κ1) is 18.3. The fourth-order valence-electron chi connectivity index (χ4n) is 3.05. The third kappa shape index (κ3) is 3.82. The molecule has 0 radical (unpaired) electrons. The smallest absolute Gasteiger partial charge is 0.256 e. The van der Waals surface area contributed by atoms with Gasteiger partial charge in [0.15, 0.2) is 0 Å². The molecule has 3 aromatic carbocycles. The molecule has 0 saturated heterocycles. The summed E-state index contributed by atoms with van der Waals surface area (Å²) in [7, 11) is 0. The van der Waals surface area contributed by atoms with E-state index in [4.69, 9.17) is 5.73 Å². The van der Waals surface area contributed by atoms with E-state index in [1.165, 1.54) is 12.1 Å². The quantitative estimate of drug-likeness (QED) is 0.546. The monoisotopic (exact) mass is 385 g/mol. The standard InChI is InChI=1S/C23H16FN3O2/c24-16-9-5-14(6-10-16)21-13-19(18-3-1-2-4-20(18)27-21)23(29)26-17-11-7-15(8-12-17)22(25)28/h1-13H,(H2,25,28)(H,26,29). The van der Waals surface area contributed by atoms with Crippen molar-refractivity contribution < 1.29 is 14.0 Å². The molecule has 1 aromatic heterocycles. The average Bonchev–Trinajstić information content (AvgIpc) is 2.74. The van der Waals surface area contributed by atoms with Gasteiger partial charge in [0.05, 0.1) is 16.8 Å². The molecule has 0 fully saturated rings. The zero-order valence-electron chi connectivity index (χ0n) is 15.2. The highest BCUT2D eigenvalue weighted by molar-refractivity contribution is 6.13. The summed E-state index contributed by atoms with van der Waals surface area (Å²) >= 11 is 0. The maximum absolute atomic E-state index is 13.3. The predicted octanol–water partition coefficient (Wildman–Crippen LogP) is 4.39. The van der Waals surface area contributed by atoms with Crippen molar-refractivity contribution in [3.63, 3.8) is 0 Å². The van der Waals surface area contributed by atoms with Gasteiger partial charge in [0, 0.05) is 22.2 Å². The lowest BCUT2D eigenvalue weighted by molar-refractivity contribution is 0.0998. The van der Waals surface area contributed by atoms with Crippen molar-refractivity contribution >= 4 is 28.4 Å². The highest BCUT2D eigenvalue weighted by atomic mass is 19.1. The van der Waals surface area contributed by atoms with E-state index in [1.54, 1.807) is 42.5 Å². The molecule has 1 heterocycles. The SMILES string of the molecule is NC(=O)c1ccc(NC(=O)c2cc(-c3ccc(F)cc3)nc3ccccc23)cc1. The third-order valence-corrected chi connectivity index (χ3v) is 4.53. The van der Waals surface area contributed by atoms with Crippen LogP contribution in [-0.4, -0.2) is 16.8 Å². The Balaban J connectivity index is 1.74. The molecule has 5 nitrogen and oxygen atoms in total. The van der Waals surface area contributed by atoms with E-state index in [9.17, 15) is 14.0 Å². The number of carbonyl (C=O) groups is 2. The van der Waals surface area contributed by atoms with E-state index in [2.05, 4.69) is 10.3 Å². The van der Waals surface area contributed by atoms with Crippen molar-refractivity contribution in [2.75, 3.05) is 5.32 Å². The van der Waals surface area contributed by atoms with Gasteiger partial charge >= 0.3 is 0 Å². The molecule has 0 aliphatic heterocycles. The number of amides is 2. The van der Waals surface area contributed by atoms with Gasteiger partial charge in [-0.05, 0) is 60.7 Å². The summed E-state index contributed by atoms with van der Waals surface area (Å²) in [5, 5.41) is 3.52. The fourth-order valence-corrected chi connectivity index (χ4v) is 3.05. The minimum absolute atomic E-state index is 0.321. The van der Waals surface area contributed by atoms with Crippen LogP contribution >= 0.6 is 0 Å². The summed E-state index contributed by atoms with van der Waals surface area (Å²) in [5.74, 6) is -1.20. The number of aromatic nitrogens is 1. The molecule has 0 unspecified atom stereocenters. The molecule has 3 N–H and O–H groups in total. The molecule has 2 amide bonds. The second-order valence-electron chi connectivity index (χ2n) is 6.47. The van der Waals surface area contributed by atoms with Gasteiger partial charge in [0.25, 0.3) is 5.91 Å². The first-order valence-electron chi connectivity index (χ1n) is 8.88. The van der Waals surface area contributed by atoms with Crippen LogP contribution in [0.15, 0.2) is 78.9 Å². The number of nitrogens with one attached hydrogen (secondary N) is 1. The first-order chi connectivity index (χ1) is 14.0. The number of benzene rings is 3. The van der Waals surface area contributed by atoms with Gasteiger partial charge in [-0.15, -0.1) is 0 Å². The lowest BCUT2D eigenvalue weighted by atomic mass is 10.0. The number of pyridine rings is 1. The van der Waals surface area contributed by atoms with Crippen LogP contribution in [0.1, 0.15) is 20.7 Å². The summed E-state index contributed by atoms with van der Waals surface area (Å²) in [6.45, 7) is 0. The molecule has 4 aromatic rings. The Hall–Kier alpha value is -4.06. The largest absolute Gasteiger partial charge is 0.366 e. The lowest BCUT2D eigenvalue weighted by Crippen LogP contribution is -2.14. The molecular formula is C23H16FN3O2. The Bertz CT molecular complexity index is 1220. The van der Waals surface area contributed by atoms with Crippen molar-refractivity contribution in [3.8, 4) is 11.3 Å². The zero-order chi connectivity index (χ0) is 20.4. The van der Waals surface area contributed by atoms with Gasteiger partial charge < -0.3 is 11.1 Å². The average molecular weight is 385 g/mol. The zero-order valence-corrected chi connectivity index (χ0v) is 15.2. The number of carbonyl (C=O) groups excluding carboxylic acids is 2. The Morgan fingerprint density at radius 2 is 1.59 bits per heavy atom. The number of para-hydroxylation sites is 1. The number of hydrogen-bond acceptors (Lipinski definition) is 3. The Morgan fingerprint density at radius 3 is 2.28 bits per heavy atom. The summed E-state index contributed by atoms with van der Waals surface area (Å²) in [6, 6.07) is 21.3. The molecule has 0 saturated carbocycles. The van der Waals surface area contributed by atoms with Gasteiger partial charge in [-0.3, -0.25) is 9.59 Å². The van der Waals surface area contributed by atoms with E-state index in [0.29, 0.717) is 39.0 Å². The van der Waals surface area contributed by atoms with Crippen LogP contribution in [0.4, 0.5) is 10.1 Å². The van der Waals surface area contributed by atoms with Crippen LogP contribution in [-0.2, 0) is 0 Å². The number of nitrogens with zero attached hydrogens (tertiary/aromatic N) is 1. The van der Waals surface area contributed by atoms with Crippen molar-refractivity contribution in [2.45, 2.75) is 0 Å². The minimum atomic E-state index is -0.535. The van der Waals surface area contributed by atoms with Crippen molar-refractivity contribution in [3.05, 3.63) is 95.8 Å². The van der Waals surface area contributed by atoms with Crippen LogP contribution in [0.25, 0.3) is 22.2 Å². The molecule has 0 bridgehead atoms. The summed E-state index contributed by atoms with van der Waals surface area (Å²) < 4.78 is 13.3. The van der Waals surface area contributed by atoms with Crippen LogP contribution in [0.3, 0.4) is 0 Å². The number of primary amides is 1. The van der Waals surface area contributed by atoms with Crippen LogP contribution in [0, 0.1) is 5.82 Å². The molecular weight excluding hydrogens is 369 g/mol. The van der Waals surface area contributed by atoms with E-state index in [1.807, 2.05) is 24.3 Å². The summed E-state index contributed by atoms with van der Waals surface area (Å²) in [5.41, 5.74) is 8.50. The third-order valence-electron chi connectivity index (χ3n) is 4.53. The highest BCUT2D eigenvalue weighted by Crippen LogP contribution is 2.26. The molecule has 4 rings (SSSR count). The van der Waals surface area contributed by atoms with E-state index >= 15 is 0 Å². The lowest BCUT2D eigenvalue weighted by Gasteiger charge is -2.11. The maximum Gasteiger partial charge on any atom is 0.256 e. The molecule has 0 atom stereocenters. The van der Waals surface area contributed by atoms with Gasteiger partial charge in [0.1, 0.15) is 5.82 Å². The van der Waals surface area contributed by atoms with E-state index in [0.717, 1.165) is 0 Å². The Labute approximate surface area is 166 Å². The number of hydrogen-bond donors (Lipinski definition) is 2. The number of halogens is 1. The molecule has 0 aliphatic rings. The van der Waals surface area contributed by atoms with Crippen LogP contribution in [0.5, 0.6) is 0 Å². The van der Waals surface area contributed by atoms with E-state index in [-0.39, 0.29) is 11.7 Å². The van der Waals surface area contributed by atoms with Crippen LogP contribution < -0.4 is 11.1 Å². The summed E-state index contributed by atoms with van der Waals surface area (Å²) in [4.78, 5) is 28.8. The van der Waals surface area contributed by atoms with Gasteiger partial charge in [0.2, 0.25) is 5.91 Å². The Morgan fingerprint density at radius 1 is 0.897 bits per heavy atom. The summed E-state index contributed by atoms with van der Waals surface area (Å²) in [6.07, 6.45) is 0. The van der Waals surface area contributed by atoms with Crippen molar-refractivity contribution in [2.24, 2.45) is 5.73 Å². The van der Waals surface area contributed by atoms with Gasteiger partial charge in [-0.1, -0.05) is 18.2 Å². The van der Waals surface area contributed by atoms with Gasteiger partial charge in [-0.25, -0.2) is 9.37 Å². The Kier molecular flexibility index (Phi) is 4.75. The second kappa shape index (κ2) is 7.52. The molecule has 6 heteroatoms. The van der Waals surface area contributed by atoms with E-state index < -0.39 is 5.91 Å². The number of rotatable bonds is 4. The van der Waals surface area contributed by atoms with Crippen LogP contribution in [0.2, 0.25) is 0 Å². The highest BCUT2D eigenvalue weighted by Gasteiger charge is 2.14. The normalized spacial score (nSPS) is 10.7. The van der Waals surface area contributed by atoms with Gasteiger partial charge in [-0.2, -0.15) is 0 Å². The fraction of sp³-hybridized carbons (Fsp3) is 0. The van der Waals surface area contributed by atoms with Crippen molar-refractivity contribution in [1.82, 2.24) is 4.98 Å². The van der Waals surface area contributed by atoms with Crippen molar-refractivity contribution in [1.29, 1.82) is 0 Å². The number of fused-ring (bicyclic) bond motifs is 1. The molecule has 0 spiro atoms. The molecule has 29 heavy (non-hydrogen) atoms. The maximum atomic E-state index is 13.3. The number of anilines is 1.